The molecule has 1 saturated carbocycles. The van der Waals surface area contributed by atoms with Gasteiger partial charge in [0, 0.05) is 13.6 Å². The van der Waals surface area contributed by atoms with Crippen molar-refractivity contribution in [2.75, 3.05) is 13.6 Å². The number of nitrogens with zero attached hydrogens (tertiary/aromatic N) is 2. The van der Waals surface area contributed by atoms with Gasteiger partial charge in [0.1, 0.15) is 12.3 Å². The standard InChI is InChI=1S/C20H20F2N2O4/c1-23(9-11-2-6-14(7-3-11)28-20(21)22)15(25)10-24-18(26)16-12-4-5-13(8-12)17(16)19(24)27/h2-7,12-13,16-17,20H,8-10H2,1H3/t12-,13+,16-,17-/m0/s1. The summed E-state index contributed by atoms with van der Waals surface area (Å²) in [7, 11) is 1.57. The Bertz CT molecular complexity index is 809. The molecular formula is C20H20F2N2O4. The quantitative estimate of drug-likeness (QED) is 0.551. The number of hydrogen-bond donors (Lipinski definition) is 0. The van der Waals surface area contributed by atoms with Crippen molar-refractivity contribution >= 4 is 17.7 Å². The molecule has 4 rings (SSSR count). The van der Waals surface area contributed by atoms with Gasteiger partial charge in [0.2, 0.25) is 17.7 Å². The van der Waals surface area contributed by atoms with E-state index in [1.807, 2.05) is 12.2 Å². The van der Waals surface area contributed by atoms with Gasteiger partial charge in [-0.25, -0.2) is 0 Å². The lowest BCUT2D eigenvalue weighted by Gasteiger charge is -2.22. The molecule has 0 spiro atoms. The molecule has 2 aliphatic carbocycles. The molecule has 1 heterocycles. The van der Waals surface area contributed by atoms with Gasteiger partial charge in [0.15, 0.2) is 0 Å². The molecular weight excluding hydrogens is 370 g/mol. The molecule has 1 aliphatic heterocycles. The van der Waals surface area contributed by atoms with Gasteiger partial charge in [-0.05, 0) is 36.0 Å². The Balaban J connectivity index is 1.36. The minimum Gasteiger partial charge on any atom is -0.435 e. The number of imide groups is 1. The fourth-order valence-electron chi connectivity index (χ4n) is 4.51. The van der Waals surface area contributed by atoms with E-state index in [2.05, 4.69) is 4.74 Å². The maximum Gasteiger partial charge on any atom is 0.387 e. The van der Waals surface area contributed by atoms with Crippen molar-refractivity contribution in [3.63, 3.8) is 0 Å². The van der Waals surface area contributed by atoms with Gasteiger partial charge in [0.05, 0.1) is 11.8 Å². The highest BCUT2D eigenvalue weighted by Gasteiger charge is 2.59. The first-order valence-electron chi connectivity index (χ1n) is 9.16. The Morgan fingerprint density at radius 3 is 2.25 bits per heavy atom. The first-order chi connectivity index (χ1) is 13.3. The number of fused-ring (bicyclic) bond motifs is 5. The second kappa shape index (κ2) is 7.00. The summed E-state index contributed by atoms with van der Waals surface area (Å²) in [6, 6.07) is 5.97. The minimum absolute atomic E-state index is 0.0377. The van der Waals surface area contributed by atoms with Crippen LogP contribution in [-0.2, 0) is 20.9 Å². The van der Waals surface area contributed by atoms with E-state index in [-0.39, 0.29) is 60.2 Å². The molecule has 0 aromatic heterocycles. The van der Waals surface area contributed by atoms with Crippen molar-refractivity contribution in [2.24, 2.45) is 23.7 Å². The summed E-state index contributed by atoms with van der Waals surface area (Å²) in [6.07, 6.45) is 4.87. The van der Waals surface area contributed by atoms with Gasteiger partial charge in [-0.2, -0.15) is 8.78 Å². The van der Waals surface area contributed by atoms with E-state index in [1.54, 1.807) is 19.2 Å². The molecule has 4 atom stereocenters. The summed E-state index contributed by atoms with van der Waals surface area (Å²) in [5, 5.41) is 0. The van der Waals surface area contributed by atoms with Crippen LogP contribution in [0.4, 0.5) is 8.78 Å². The highest BCUT2D eigenvalue weighted by atomic mass is 19.3. The predicted octanol–water partition coefficient (Wildman–Crippen LogP) is 2.05. The number of likely N-dealkylation sites (tertiary alicyclic amines) is 1. The van der Waals surface area contributed by atoms with Crippen LogP contribution in [-0.4, -0.2) is 47.7 Å². The number of carbonyl (C=O) groups excluding carboxylic acids is 3. The van der Waals surface area contributed by atoms with E-state index in [4.69, 9.17) is 0 Å². The number of alkyl halides is 2. The van der Waals surface area contributed by atoms with Gasteiger partial charge in [0.25, 0.3) is 0 Å². The Labute approximate surface area is 160 Å². The molecule has 0 radical (unpaired) electrons. The number of halogens is 2. The number of benzene rings is 1. The topological polar surface area (TPSA) is 66.9 Å². The Morgan fingerprint density at radius 2 is 1.71 bits per heavy atom. The third-order valence-electron chi connectivity index (χ3n) is 5.85. The molecule has 1 aromatic carbocycles. The Hall–Kier alpha value is -2.77. The smallest absolute Gasteiger partial charge is 0.387 e. The largest absolute Gasteiger partial charge is 0.435 e. The number of ether oxygens (including phenoxy) is 1. The van der Waals surface area contributed by atoms with E-state index in [9.17, 15) is 23.2 Å². The molecule has 28 heavy (non-hydrogen) atoms. The number of carbonyl (C=O) groups is 3. The number of allylic oxidation sites excluding steroid dienone is 2. The maximum absolute atomic E-state index is 12.7. The molecule has 0 unspecified atom stereocenters. The predicted molar refractivity (Wildman–Crippen MR) is 94.0 cm³/mol. The summed E-state index contributed by atoms with van der Waals surface area (Å²) >= 11 is 0. The highest BCUT2D eigenvalue weighted by Crippen LogP contribution is 2.52. The zero-order valence-corrected chi connectivity index (χ0v) is 15.3. The third kappa shape index (κ3) is 3.16. The average molecular weight is 390 g/mol. The van der Waals surface area contributed by atoms with E-state index < -0.39 is 6.61 Å². The summed E-state index contributed by atoms with van der Waals surface area (Å²) in [5.41, 5.74) is 0.718. The lowest BCUT2D eigenvalue weighted by molar-refractivity contribution is -0.146. The molecule has 0 N–H and O–H groups in total. The van der Waals surface area contributed by atoms with E-state index in [1.165, 1.54) is 17.0 Å². The summed E-state index contributed by atoms with van der Waals surface area (Å²) in [5.74, 6) is -1.22. The van der Waals surface area contributed by atoms with E-state index in [0.29, 0.717) is 0 Å². The molecule has 1 aromatic rings. The highest BCUT2D eigenvalue weighted by molar-refractivity contribution is 6.08. The Morgan fingerprint density at radius 1 is 1.14 bits per heavy atom. The van der Waals surface area contributed by atoms with Crippen LogP contribution in [0.25, 0.3) is 0 Å². The fraction of sp³-hybridized carbons (Fsp3) is 0.450. The lowest BCUT2D eigenvalue weighted by atomic mass is 9.85. The summed E-state index contributed by atoms with van der Waals surface area (Å²) in [6.45, 7) is -2.94. The van der Waals surface area contributed by atoms with Gasteiger partial charge in [-0.3, -0.25) is 19.3 Å². The first kappa shape index (κ1) is 18.6. The van der Waals surface area contributed by atoms with Crippen LogP contribution in [0.5, 0.6) is 5.75 Å². The molecule has 3 amide bonds. The molecule has 2 fully saturated rings. The number of rotatable bonds is 6. The van der Waals surface area contributed by atoms with Gasteiger partial charge in [-0.15, -0.1) is 0 Å². The van der Waals surface area contributed by atoms with Crippen LogP contribution in [0.3, 0.4) is 0 Å². The van der Waals surface area contributed by atoms with Gasteiger partial charge in [-0.1, -0.05) is 24.3 Å². The van der Waals surface area contributed by atoms with Crippen LogP contribution in [0, 0.1) is 23.7 Å². The van der Waals surface area contributed by atoms with E-state index in [0.717, 1.165) is 16.9 Å². The van der Waals surface area contributed by atoms with Crippen LogP contribution < -0.4 is 4.74 Å². The maximum atomic E-state index is 12.7. The first-order valence-corrected chi connectivity index (χ1v) is 9.16. The van der Waals surface area contributed by atoms with Crippen LogP contribution in [0.15, 0.2) is 36.4 Å². The van der Waals surface area contributed by atoms with Crippen molar-refractivity contribution in [3.8, 4) is 5.75 Å². The number of amides is 3. The zero-order chi connectivity index (χ0) is 20.0. The zero-order valence-electron chi connectivity index (χ0n) is 15.3. The lowest BCUT2D eigenvalue weighted by Crippen LogP contribution is -2.42. The van der Waals surface area contributed by atoms with Crippen LogP contribution in [0.2, 0.25) is 0 Å². The van der Waals surface area contributed by atoms with Gasteiger partial charge < -0.3 is 9.64 Å². The summed E-state index contributed by atoms with van der Waals surface area (Å²) < 4.78 is 28.7. The number of hydrogen-bond acceptors (Lipinski definition) is 4. The Kier molecular flexibility index (Phi) is 4.64. The van der Waals surface area contributed by atoms with Crippen molar-refractivity contribution in [1.82, 2.24) is 9.80 Å². The van der Waals surface area contributed by atoms with Crippen molar-refractivity contribution in [2.45, 2.75) is 19.6 Å². The van der Waals surface area contributed by atoms with Crippen LogP contribution in [0.1, 0.15) is 12.0 Å². The molecule has 8 heteroatoms. The third-order valence-corrected chi connectivity index (χ3v) is 5.85. The molecule has 6 nitrogen and oxygen atoms in total. The number of likely N-dealkylation sites (N-methyl/N-ethyl adjacent to an activating group) is 1. The monoisotopic (exact) mass is 390 g/mol. The van der Waals surface area contributed by atoms with Crippen molar-refractivity contribution in [3.05, 3.63) is 42.0 Å². The molecule has 3 aliphatic rings. The molecule has 2 bridgehead atoms. The second-order valence-electron chi connectivity index (χ2n) is 7.53. The van der Waals surface area contributed by atoms with Crippen molar-refractivity contribution < 1.29 is 27.9 Å². The fourth-order valence-corrected chi connectivity index (χ4v) is 4.51. The minimum atomic E-state index is -2.89. The SMILES string of the molecule is CN(Cc1ccc(OC(F)F)cc1)C(=O)CN1C(=O)[C@@H]2[C@@H](C1=O)[C@H]1C=C[C@@H]2C1. The van der Waals surface area contributed by atoms with Crippen molar-refractivity contribution in [1.29, 1.82) is 0 Å². The normalized spacial score (nSPS) is 27.6. The summed E-state index contributed by atoms with van der Waals surface area (Å²) in [4.78, 5) is 40.4. The van der Waals surface area contributed by atoms with Crippen LogP contribution >= 0.6 is 0 Å². The van der Waals surface area contributed by atoms with E-state index >= 15 is 0 Å². The molecule has 148 valence electrons. The second-order valence-corrected chi connectivity index (χ2v) is 7.53. The van der Waals surface area contributed by atoms with Gasteiger partial charge >= 0.3 is 6.61 Å². The average Bonchev–Trinajstić information content (AvgIpc) is 3.33. The molecule has 1 saturated heterocycles.